The van der Waals surface area contributed by atoms with Gasteiger partial charge in [0.05, 0.1) is 5.69 Å². The summed E-state index contributed by atoms with van der Waals surface area (Å²) in [6.45, 7) is 2.39. The van der Waals surface area contributed by atoms with Gasteiger partial charge in [0.2, 0.25) is 0 Å². The lowest BCUT2D eigenvalue weighted by molar-refractivity contribution is 0.669. The number of anilines is 3. The van der Waals surface area contributed by atoms with Crippen molar-refractivity contribution in [3.8, 4) is 55.6 Å². The molecule has 0 spiro atoms. The van der Waals surface area contributed by atoms with Gasteiger partial charge in [0.1, 0.15) is 11.2 Å². The van der Waals surface area contributed by atoms with E-state index in [1.165, 1.54) is 66.4 Å². The normalized spacial score (nSPS) is 14.0. The first-order valence-electron chi connectivity index (χ1n) is 23.5. The van der Waals surface area contributed by atoms with E-state index in [2.05, 4.69) is 254 Å². The van der Waals surface area contributed by atoms with Crippen LogP contribution in [0.3, 0.4) is 0 Å². The summed E-state index contributed by atoms with van der Waals surface area (Å²) in [5.41, 5.74) is 20.8. The number of nitrogens with zero attached hydrogens (tertiary/aromatic N) is 1. The molecule has 0 saturated heterocycles. The second kappa shape index (κ2) is 16.0. The molecule has 0 aliphatic heterocycles. The van der Waals surface area contributed by atoms with E-state index < -0.39 is 0 Å². The van der Waals surface area contributed by atoms with Crippen molar-refractivity contribution in [2.24, 2.45) is 0 Å². The molecular formula is C66H45NO. The highest BCUT2D eigenvalue weighted by Gasteiger charge is 2.40. The molecule has 1 aliphatic carbocycles. The van der Waals surface area contributed by atoms with Gasteiger partial charge in [0.25, 0.3) is 0 Å². The van der Waals surface area contributed by atoms with Crippen molar-refractivity contribution in [1.29, 1.82) is 0 Å². The van der Waals surface area contributed by atoms with Crippen LogP contribution < -0.4 is 4.90 Å². The first kappa shape index (κ1) is 39.6. The Morgan fingerprint density at radius 2 is 0.882 bits per heavy atom. The Hall–Kier alpha value is -8.72. The average Bonchev–Trinajstić information content (AvgIpc) is 3.91. The molecule has 1 heterocycles. The van der Waals surface area contributed by atoms with E-state index in [0.29, 0.717) is 0 Å². The van der Waals surface area contributed by atoms with Crippen molar-refractivity contribution < 1.29 is 4.42 Å². The number of rotatable bonds is 8. The molecule has 0 amide bonds. The summed E-state index contributed by atoms with van der Waals surface area (Å²) in [5.74, 6) is 0. The zero-order valence-electron chi connectivity index (χ0n) is 37.6. The molecule has 0 radical (unpaired) electrons. The Morgan fingerprint density at radius 1 is 0.338 bits per heavy atom. The van der Waals surface area contributed by atoms with Crippen LogP contribution in [-0.4, -0.2) is 0 Å². The lowest BCUT2D eigenvalue weighted by Gasteiger charge is -2.29. The van der Waals surface area contributed by atoms with E-state index in [1.807, 2.05) is 12.1 Å². The molecular weight excluding hydrogens is 823 g/mol. The highest BCUT2D eigenvalue weighted by Crippen LogP contribution is 2.53. The topological polar surface area (TPSA) is 16.4 Å². The van der Waals surface area contributed by atoms with Crippen molar-refractivity contribution in [3.05, 3.63) is 271 Å². The van der Waals surface area contributed by atoms with Crippen LogP contribution in [-0.2, 0) is 5.41 Å². The standard InChI is InChI=1S/C66H45NO/c1-66(50-20-6-3-7-21-50)60-27-11-8-22-54(60)55-40-34-48(42-61(55)66)44-30-36-51(37-31-44)67(52-38-32-45(33-39-52)49-35-41-58-57-24-10-13-29-63(57)68-64(58)43-49)62-28-12-9-23-56(62)59-26-15-19-47-18-14-25-53(65(47)59)46-16-4-2-5-17-46/h2-43H,1H3. The molecule has 1 unspecified atom stereocenters. The van der Waals surface area contributed by atoms with Crippen molar-refractivity contribution in [2.75, 3.05) is 4.90 Å². The predicted octanol–water partition coefficient (Wildman–Crippen LogP) is 18.2. The zero-order chi connectivity index (χ0) is 45.2. The maximum Gasteiger partial charge on any atom is 0.136 e. The van der Waals surface area contributed by atoms with Gasteiger partial charge in [0.15, 0.2) is 0 Å². The quantitative estimate of drug-likeness (QED) is 0.151. The Balaban J connectivity index is 0.942. The number of benzene rings is 11. The number of fused-ring (bicyclic) bond motifs is 7. The van der Waals surface area contributed by atoms with Gasteiger partial charge in [0, 0.05) is 33.1 Å². The van der Waals surface area contributed by atoms with Crippen molar-refractivity contribution in [3.63, 3.8) is 0 Å². The van der Waals surface area contributed by atoms with E-state index in [1.54, 1.807) is 0 Å². The minimum absolute atomic E-state index is 0.268. The predicted molar refractivity (Wildman–Crippen MR) is 285 cm³/mol. The fourth-order valence-corrected chi connectivity index (χ4v) is 11.0. The van der Waals surface area contributed by atoms with Gasteiger partial charge in [-0.05, 0) is 139 Å². The molecule has 0 N–H and O–H groups in total. The monoisotopic (exact) mass is 867 g/mol. The second-order valence-electron chi connectivity index (χ2n) is 18.1. The van der Waals surface area contributed by atoms with E-state index in [-0.39, 0.29) is 5.41 Å². The molecule has 1 aromatic heterocycles. The number of furan rings is 1. The van der Waals surface area contributed by atoms with Crippen molar-refractivity contribution in [2.45, 2.75) is 12.3 Å². The lowest BCUT2D eigenvalue weighted by atomic mass is 9.74. The van der Waals surface area contributed by atoms with Gasteiger partial charge in [-0.3, -0.25) is 0 Å². The minimum atomic E-state index is -0.268. The summed E-state index contributed by atoms with van der Waals surface area (Å²) in [5, 5.41) is 4.72. The maximum absolute atomic E-state index is 6.31. The third kappa shape index (κ3) is 6.41. The minimum Gasteiger partial charge on any atom is -0.456 e. The molecule has 13 rings (SSSR count). The van der Waals surface area contributed by atoms with E-state index in [0.717, 1.165) is 55.7 Å². The second-order valence-corrected chi connectivity index (χ2v) is 18.1. The fraction of sp³-hybridized carbons (Fsp3) is 0.0303. The van der Waals surface area contributed by atoms with E-state index >= 15 is 0 Å². The van der Waals surface area contributed by atoms with Crippen LogP contribution in [0.2, 0.25) is 0 Å². The molecule has 2 heteroatoms. The first-order chi connectivity index (χ1) is 33.6. The molecule has 0 fully saturated rings. The van der Waals surface area contributed by atoms with Gasteiger partial charge in [-0.25, -0.2) is 0 Å². The molecule has 11 aromatic carbocycles. The van der Waals surface area contributed by atoms with Crippen LogP contribution >= 0.6 is 0 Å². The number of hydrogen-bond acceptors (Lipinski definition) is 2. The summed E-state index contributed by atoms with van der Waals surface area (Å²) in [7, 11) is 0. The van der Waals surface area contributed by atoms with Gasteiger partial charge >= 0.3 is 0 Å². The van der Waals surface area contributed by atoms with Gasteiger partial charge in [-0.15, -0.1) is 0 Å². The fourth-order valence-electron chi connectivity index (χ4n) is 11.0. The summed E-state index contributed by atoms with van der Waals surface area (Å²) < 4.78 is 6.31. The molecule has 320 valence electrons. The van der Waals surface area contributed by atoms with Gasteiger partial charge < -0.3 is 9.32 Å². The summed E-state index contributed by atoms with van der Waals surface area (Å²) >= 11 is 0. The van der Waals surface area contributed by atoms with Crippen LogP contribution in [0.25, 0.3) is 88.3 Å². The van der Waals surface area contributed by atoms with Gasteiger partial charge in [-0.1, -0.05) is 200 Å². The molecule has 0 bridgehead atoms. The lowest BCUT2D eigenvalue weighted by Crippen LogP contribution is -2.22. The maximum atomic E-state index is 6.31. The Kier molecular flexibility index (Phi) is 9.33. The van der Waals surface area contributed by atoms with Crippen LogP contribution in [0.15, 0.2) is 259 Å². The Morgan fingerprint density at radius 3 is 1.63 bits per heavy atom. The Labute approximate surface area is 396 Å². The molecule has 2 nitrogen and oxygen atoms in total. The van der Waals surface area contributed by atoms with Crippen LogP contribution in [0.4, 0.5) is 17.1 Å². The summed E-state index contributed by atoms with van der Waals surface area (Å²) in [4.78, 5) is 2.42. The molecule has 12 aromatic rings. The molecule has 0 saturated carbocycles. The van der Waals surface area contributed by atoms with E-state index in [4.69, 9.17) is 4.42 Å². The zero-order valence-corrected chi connectivity index (χ0v) is 37.6. The van der Waals surface area contributed by atoms with Crippen LogP contribution in [0, 0.1) is 0 Å². The first-order valence-corrected chi connectivity index (χ1v) is 23.5. The van der Waals surface area contributed by atoms with Crippen LogP contribution in [0.1, 0.15) is 23.6 Å². The highest BCUT2D eigenvalue weighted by molar-refractivity contribution is 6.09. The van der Waals surface area contributed by atoms with Crippen molar-refractivity contribution >= 4 is 49.8 Å². The number of para-hydroxylation sites is 2. The van der Waals surface area contributed by atoms with Crippen molar-refractivity contribution in [1.82, 2.24) is 0 Å². The molecule has 1 atom stereocenters. The highest BCUT2D eigenvalue weighted by atomic mass is 16.3. The van der Waals surface area contributed by atoms with E-state index in [9.17, 15) is 0 Å². The summed E-state index contributed by atoms with van der Waals surface area (Å²) in [6, 6.07) is 92.8. The smallest absolute Gasteiger partial charge is 0.136 e. The Bertz CT molecular complexity index is 3840. The summed E-state index contributed by atoms with van der Waals surface area (Å²) in [6.07, 6.45) is 0. The van der Waals surface area contributed by atoms with Crippen LogP contribution in [0.5, 0.6) is 0 Å². The average molecular weight is 868 g/mol. The third-order valence-corrected chi connectivity index (χ3v) is 14.4. The molecule has 1 aliphatic rings. The number of hydrogen-bond donors (Lipinski definition) is 0. The molecule has 68 heavy (non-hydrogen) atoms. The van der Waals surface area contributed by atoms with Gasteiger partial charge in [-0.2, -0.15) is 0 Å². The SMILES string of the molecule is CC1(c2ccccc2)c2ccccc2-c2ccc(-c3ccc(N(c4ccc(-c5ccc6c(c5)oc5ccccc56)cc4)c4ccccc4-c4cccc5cccc(-c6ccccc6)c45)cc3)cc21. The largest absolute Gasteiger partial charge is 0.456 e. The third-order valence-electron chi connectivity index (χ3n) is 14.4.